The van der Waals surface area contributed by atoms with Crippen LogP contribution in [-0.2, 0) is 0 Å². The molecular weight excluding hydrogens is 528 g/mol. The first-order chi connectivity index (χ1) is 21.2. The molecule has 2 aromatic heterocycles. The number of hydrogen-bond acceptors (Lipinski definition) is 5. The first-order valence-electron chi connectivity index (χ1n) is 14.0. The van der Waals surface area contributed by atoms with Gasteiger partial charge in [0.1, 0.15) is 11.2 Å². The van der Waals surface area contributed by atoms with Crippen LogP contribution in [0.2, 0.25) is 0 Å². The standard InChI is InChI=1S/C38H22N4O/c39-23-28-15-18-30(31-14-8-7-13-29(28)31)26-16-19-34-32(21-26)33-22-27(17-20-35(33)43-34)38-41-36(24-9-3-1-4-10-24)40-37(42-38)25-11-5-2-6-12-25/h1-22H. The van der Waals surface area contributed by atoms with Gasteiger partial charge in [0, 0.05) is 32.8 Å². The van der Waals surface area contributed by atoms with E-state index in [1.807, 2.05) is 109 Å². The SMILES string of the molecule is N#Cc1ccc(-c2ccc3oc4ccc(-c5nc(-c6ccccc6)nc(-c6ccccc6)n5)cc4c3c2)c2ccccc12. The molecule has 43 heavy (non-hydrogen) atoms. The van der Waals surface area contributed by atoms with Crippen LogP contribution in [0.1, 0.15) is 5.56 Å². The Labute approximate surface area is 247 Å². The molecule has 0 spiro atoms. The van der Waals surface area contributed by atoms with Crippen molar-refractivity contribution in [3.05, 3.63) is 139 Å². The normalized spacial score (nSPS) is 11.2. The lowest BCUT2D eigenvalue weighted by Crippen LogP contribution is -2.00. The lowest BCUT2D eigenvalue weighted by atomic mass is 9.94. The predicted octanol–water partition coefficient (Wildman–Crippen LogP) is 9.46. The van der Waals surface area contributed by atoms with Crippen molar-refractivity contribution in [2.75, 3.05) is 0 Å². The Kier molecular flexibility index (Phi) is 5.77. The minimum absolute atomic E-state index is 0.596. The molecule has 200 valence electrons. The van der Waals surface area contributed by atoms with Crippen molar-refractivity contribution in [3.8, 4) is 51.4 Å². The van der Waals surface area contributed by atoms with Gasteiger partial charge in [0.05, 0.1) is 11.6 Å². The summed E-state index contributed by atoms with van der Waals surface area (Å²) in [6, 6.07) is 46.5. The minimum atomic E-state index is 0.596. The molecule has 0 saturated heterocycles. The van der Waals surface area contributed by atoms with Crippen molar-refractivity contribution in [2.45, 2.75) is 0 Å². The molecule has 0 bridgehead atoms. The van der Waals surface area contributed by atoms with Gasteiger partial charge < -0.3 is 4.42 Å². The van der Waals surface area contributed by atoms with Gasteiger partial charge >= 0.3 is 0 Å². The van der Waals surface area contributed by atoms with Crippen molar-refractivity contribution in [1.29, 1.82) is 5.26 Å². The van der Waals surface area contributed by atoms with Crippen LogP contribution >= 0.6 is 0 Å². The quantitative estimate of drug-likeness (QED) is 0.218. The van der Waals surface area contributed by atoms with E-state index in [9.17, 15) is 5.26 Å². The van der Waals surface area contributed by atoms with E-state index < -0.39 is 0 Å². The van der Waals surface area contributed by atoms with Crippen LogP contribution < -0.4 is 0 Å². The molecule has 0 aliphatic heterocycles. The van der Waals surface area contributed by atoms with Gasteiger partial charge in [-0.05, 0) is 52.9 Å². The zero-order valence-electron chi connectivity index (χ0n) is 22.9. The van der Waals surface area contributed by atoms with Crippen molar-refractivity contribution in [3.63, 3.8) is 0 Å². The maximum Gasteiger partial charge on any atom is 0.164 e. The molecule has 0 unspecified atom stereocenters. The summed E-state index contributed by atoms with van der Waals surface area (Å²) in [6.07, 6.45) is 0. The molecule has 0 aliphatic carbocycles. The average molecular weight is 551 g/mol. The summed E-state index contributed by atoms with van der Waals surface area (Å²) in [7, 11) is 0. The Balaban J connectivity index is 1.30. The van der Waals surface area contributed by atoms with Crippen molar-refractivity contribution >= 4 is 32.7 Å². The lowest BCUT2D eigenvalue weighted by Gasteiger charge is -2.09. The number of nitrogens with zero attached hydrogens (tertiary/aromatic N) is 4. The van der Waals surface area contributed by atoms with Gasteiger partial charge in [0.15, 0.2) is 17.5 Å². The van der Waals surface area contributed by atoms with Gasteiger partial charge in [0.2, 0.25) is 0 Å². The van der Waals surface area contributed by atoms with Gasteiger partial charge in [-0.2, -0.15) is 5.26 Å². The molecule has 6 aromatic carbocycles. The van der Waals surface area contributed by atoms with E-state index in [1.165, 1.54) is 0 Å². The fraction of sp³-hybridized carbons (Fsp3) is 0. The highest BCUT2D eigenvalue weighted by Gasteiger charge is 2.16. The number of fused-ring (bicyclic) bond motifs is 4. The van der Waals surface area contributed by atoms with Crippen LogP contribution in [0.5, 0.6) is 0 Å². The van der Waals surface area contributed by atoms with Crippen LogP contribution in [0.3, 0.4) is 0 Å². The number of aromatic nitrogens is 3. The van der Waals surface area contributed by atoms with E-state index in [4.69, 9.17) is 19.4 Å². The van der Waals surface area contributed by atoms with E-state index in [2.05, 4.69) is 30.3 Å². The second-order valence-electron chi connectivity index (χ2n) is 10.4. The summed E-state index contributed by atoms with van der Waals surface area (Å²) in [5, 5.41) is 13.6. The number of nitriles is 1. The molecule has 2 heterocycles. The zero-order chi connectivity index (χ0) is 28.8. The molecule has 8 aromatic rings. The number of furan rings is 1. The summed E-state index contributed by atoms with van der Waals surface area (Å²) in [5.74, 6) is 1.84. The van der Waals surface area contributed by atoms with Crippen molar-refractivity contribution in [1.82, 2.24) is 15.0 Å². The highest BCUT2D eigenvalue weighted by atomic mass is 16.3. The smallest absolute Gasteiger partial charge is 0.164 e. The van der Waals surface area contributed by atoms with Gasteiger partial charge in [-0.3, -0.25) is 0 Å². The van der Waals surface area contributed by atoms with E-state index in [-0.39, 0.29) is 0 Å². The van der Waals surface area contributed by atoms with Crippen LogP contribution in [-0.4, -0.2) is 15.0 Å². The van der Waals surface area contributed by atoms with Gasteiger partial charge in [-0.15, -0.1) is 0 Å². The predicted molar refractivity (Wildman–Crippen MR) is 171 cm³/mol. The molecule has 8 rings (SSSR count). The lowest BCUT2D eigenvalue weighted by molar-refractivity contribution is 0.669. The van der Waals surface area contributed by atoms with E-state index >= 15 is 0 Å². The van der Waals surface area contributed by atoms with E-state index in [0.717, 1.165) is 60.5 Å². The molecule has 0 fully saturated rings. The van der Waals surface area contributed by atoms with Crippen LogP contribution in [0, 0.1) is 11.3 Å². The van der Waals surface area contributed by atoms with E-state index in [0.29, 0.717) is 23.0 Å². The Morgan fingerprint density at radius 3 is 1.56 bits per heavy atom. The Morgan fingerprint density at radius 2 is 0.953 bits per heavy atom. The first kappa shape index (κ1) is 24.7. The maximum absolute atomic E-state index is 9.64. The number of rotatable bonds is 4. The summed E-state index contributed by atoms with van der Waals surface area (Å²) in [5.41, 5.74) is 7.12. The zero-order valence-corrected chi connectivity index (χ0v) is 22.9. The van der Waals surface area contributed by atoms with Gasteiger partial charge in [-0.1, -0.05) is 97.1 Å². The monoisotopic (exact) mass is 550 g/mol. The van der Waals surface area contributed by atoms with Gasteiger partial charge in [0.25, 0.3) is 0 Å². The van der Waals surface area contributed by atoms with Gasteiger partial charge in [-0.25, -0.2) is 15.0 Å². The fourth-order valence-corrected chi connectivity index (χ4v) is 5.67. The fourth-order valence-electron chi connectivity index (χ4n) is 5.67. The molecule has 0 amide bonds. The second kappa shape index (κ2) is 10.1. The average Bonchev–Trinajstić information content (AvgIpc) is 3.45. The Morgan fingerprint density at radius 1 is 0.442 bits per heavy atom. The Hall–Kier alpha value is -6.12. The van der Waals surface area contributed by atoms with Crippen molar-refractivity contribution < 1.29 is 4.42 Å². The Bertz CT molecular complexity index is 2300. The molecule has 0 N–H and O–H groups in total. The molecule has 0 saturated carbocycles. The summed E-state index contributed by atoms with van der Waals surface area (Å²) >= 11 is 0. The number of benzene rings is 6. The van der Waals surface area contributed by atoms with Crippen LogP contribution in [0.25, 0.3) is 78.0 Å². The molecule has 0 atom stereocenters. The molecular formula is C38H22N4O. The summed E-state index contributed by atoms with van der Waals surface area (Å²) in [6.45, 7) is 0. The third-order valence-electron chi connectivity index (χ3n) is 7.78. The molecule has 0 aliphatic rings. The second-order valence-corrected chi connectivity index (χ2v) is 10.4. The number of hydrogen-bond donors (Lipinski definition) is 0. The third-order valence-corrected chi connectivity index (χ3v) is 7.78. The van der Waals surface area contributed by atoms with Crippen LogP contribution in [0.4, 0.5) is 0 Å². The molecule has 5 nitrogen and oxygen atoms in total. The minimum Gasteiger partial charge on any atom is -0.456 e. The highest BCUT2D eigenvalue weighted by molar-refractivity contribution is 6.09. The van der Waals surface area contributed by atoms with E-state index in [1.54, 1.807) is 0 Å². The molecule has 5 heteroatoms. The summed E-state index contributed by atoms with van der Waals surface area (Å²) in [4.78, 5) is 14.6. The highest BCUT2D eigenvalue weighted by Crippen LogP contribution is 2.37. The largest absolute Gasteiger partial charge is 0.456 e. The first-order valence-corrected chi connectivity index (χ1v) is 14.0. The molecule has 0 radical (unpaired) electrons. The van der Waals surface area contributed by atoms with Crippen LogP contribution in [0.15, 0.2) is 138 Å². The van der Waals surface area contributed by atoms with Crippen molar-refractivity contribution in [2.24, 2.45) is 0 Å². The summed E-state index contributed by atoms with van der Waals surface area (Å²) < 4.78 is 6.25. The maximum atomic E-state index is 9.64. The third kappa shape index (κ3) is 4.30. The topological polar surface area (TPSA) is 75.6 Å².